The molecule has 0 amide bonds. The molecule has 0 fully saturated rings. The van der Waals surface area contributed by atoms with Gasteiger partial charge in [-0.2, -0.15) is 0 Å². The second-order valence-corrected chi connectivity index (χ2v) is 5.34. The van der Waals surface area contributed by atoms with Crippen molar-refractivity contribution in [3.05, 3.63) is 40.4 Å². The fourth-order valence-electron chi connectivity index (χ4n) is 1.72. The molecule has 0 spiro atoms. The monoisotopic (exact) mass is 289 g/mol. The molecule has 4 nitrogen and oxygen atoms in total. The summed E-state index contributed by atoms with van der Waals surface area (Å²) in [7, 11) is 0. The number of hydrogen-bond acceptors (Lipinski definition) is 5. The molecule has 0 bridgehead atoms. The lowest BCUT2D eigenvalue weighted by Gasteiger charge is -1.99. The predicted molar refractivity (Wildman–Crippen MR) is 78.2 cm³/mol. The molecule has 0 saturated carbocycles. The van der Waals surface area contributed by atoms with Crippen LogP contribution in [0.2, 0.25) is 0 Å². The van der Waals surface area contributed by atoms with E-state index in [4.69, 9.17) is 4.74 Å². The first kappa shape index (κ1) is 14.4. The Morgan fingerprint density at radius 3 is 2.45 bits per heavy atom. The third kappa shape index (κ3) is 2.93. The van der Waals surface area contributed by atoms with Crippen LogP contribution in [0.25, 0.3) is 10.6 Å². The predicted octanol–water partition coefficient (Wildman–Crippen LogP) is 3.50. The molecule has 0 aliphatic carbocycles. The summed E-state index contributed by atoms with van der Waals surface area (Å²) in [5.41, 5.74) is 2.14. The van der Waals surface area contributed by atoms with Crippen LogP contribution < -0.4 is 0 Å². The number of aromatic nitrogens is 1. The number of carbonyl (C=O) groups is 2. The van der Waals surface area contributed by atoms with Crippen LogP contribution in [0.3, 0.4) is 0 Å². The fraction of sp³-hybridized carbons (Fsp3) is 0.267. The molecular weight excluding hydrogens is 274 g/mol. The summed E-state index contributed by atoms with van der Waals surface area (Å²) in [4.78, 5) is 28.1. The lowest BCUT2D eigenvalue weighted by molar-refractivity contribution is 0.0517. The number of rotatable bonds is 4. The van der Waals surface area contributed by atoms with Crippen molar-refractivity contribution in [3.63, 3.8) is 0 Å². The molecule has 0 aliphatic rings. The highest BCUT2D eigenvalue weighted by atomic mass is 32.1. The zero-order valence-electron chi connectivity index (χ0n) is 11.6. The second-order valence-electron chi connectivity index (χ2n) is 4.34. The van der Waals surface area contributed by atoms with Gasteiger partial charge in [0.15, 0.2) is 11.5 Å². The summed E-state index contributed by atoms with van der Waals surface area (Å²) in [6.07, 6.45) is 0. The van der Waals surface area contributed by atoms with Gasteiger partial charge in [-0.15, -0.1) is 11.3 Å². The van der Waals surface area contributed by atoms with Crippen molar-refractivity contribution in [1.82, 2.24) is 4.98 Å². The normalized spacial score (nSPS) is 10.3. The Hall–Kier alpha value is -2.01. The molecule has 0 unspecified atom stereocenters. The van der Waals surface area contributed by atoms with Gasteiger partial charge in [-0.1, -0.05) is 29.8 Å². The molecule has 104 valence electrons. The first-order valence-corrected chi connectivity index (χ1v) is 7.10. The van der Waals surface area contributed by atoms with E-state index in [1.165, 1.54) is 18.3 Å². The Morgan fingerprint density at radius 2 is 1.90 bits per heavy atom. The van der Waals surface area contributed by atoms with Crippen LogP contribution in [0.15, 0.2) is 24.3 Å². The Balaban J connectivity index is 2.46. The Labute approximate surface area is 121 Å². The highest BCUT2D eigenvalue weighted by molar-refractivity contribution is 7.17. The largest absolute Gasteiger partial charge is 0.461 e. The van der Waals surface area contributed by atoms with Crippen LogP contribution in [0.4, 0.5) is 0 Å². The standard InChI is InChI=1S/C15H15NO3S/c1-4-19-15(18)12-13(10(3)17)20-14(16-12)11-7-5-9(2)6-8-11/h5-8H,4H2,1-3H3. The Kier molecular flexibility index (Phi) is 4.29. The molecule has 1 heterocycles. The maximum Gasteiger partial charge on any atom is 0.358 e. The van der Waals surface area contributed by atoms with Gasteiger partial charge < -0.3 is 4.74 Å². The van der Waals surface area contributed by atoms with E-state index in [1.54, 1.807) is 6.92 Å². The van der Waals surface area contributed by atoms with E-state index in [0.29, 0.717) is 9.88 Å². The minimum absolute atomic E-state index is 0.111. The molecule has 2 aromatic rings. The van der Waals surface area contributed by atoms with E-state index >= 15 is 0 Å². The summed E-state index contributed by atoms with van der Waals surface area (Å²) in [5, 5.41) is 0.651. The molecule has 5 heteroatoms. The Bertz CT molecular complexity index is 644. The minimum atomic E-state index is -0.549. The van der Waals surface area contributed by atoms with E-state index in [9.17, 15) is 9.59 Å². The quantitative estimate of drug-likeness (QED) is 0.638. The number of aryl methyl sites for hydroxylation is 1. The third-order valence-corrected chi connectivity index (χ3v) is 3.92. The average Bonchev–Trinajstić information content (AvgIpc) is 2.85. The fourth-order valence-corrected chi connectivity index (χ4v) is 2.67. The van der Waals surface area contributed by atoms with E-state index in [1.807, 2.05) is 31.2 Å². The zero-order chi connectivity index (χ0) is 14.7. The molecule has 0 radical (unpaired) electrons. The van der Waals surface area contributed by atoms with Gasteiger partial charge in [-0.25, -0.2) is 9.78 Å². The van der Waals surface area contributed by atoms with Gasteiger partial charge in [-0.3, -0.25) is 4.79 Å². The van der Waals surface area contributed by atoms with Gasteiger partial charge in [0.2, 0.25) is 0 Å². The molecule has 1 aromatic carbocycles. The van der Waals surface area contributed by atoms with E-state index in [2.05, 4.69) is 4.98 Å². The smallest absolute Gasteiger partial charge is 0.358 e. The maximum atomic E-state index is 11.8. The maximum absolute atomic E-state index is 11.8. The minimum Gasteiger partial charge on any atom is -0.461 e. The number of hydrogen-bond donors (Lipinski definition) is 0. The number of carbonyl (C=O) groups excluding carboxylic acids is 2. The molecule has 20 heavy (non-hydrogen) atoms. The van der Waals surface area contributed by atoms with Gasteiger partial charge >= 0.3 is 5.97 Å². The molecule has 0 atom stereocenters. The SMILES string of the molecule is CCOC(=O)c1nc(-c2ccc(C)cc2)sc1C(C)=O. The molecule has 1 aromatic heterocycles. The number of benzene rings is 1. The van der Waals surface area contributed by atoms with Gasteiger partial charge in [-0.05, 0) is 13.8 Å². The van der Waals surface area contributed by atoms with Crippen molar-refractivity contribution in [2.45, 2.75) is 20.8 Å². The summed E-state index contributed by atoms with van der Waals surface area (Å²) in [6.45, 7) is 5.40. The number of thiazole rings is 1. The number of ether oxygens (including phenoxy) is 1. The van der Waals surface area contributed by atoms with Crippen LogP contribution in [0, 0.1) is 6.92 Å². The highest BCUT2D eigenvalue weighted by Gasteiger charge is 2.22. The number of esters is 1. The van der Waals surface area contributed by atoms with Gasteiger partial charge in [0.05, 0.1) is 6.61 Å². The highest BCUT2D eigenvalue weighted by Crippen LogP contribution is 2.29. The van der Waals surface area contributed by atoms with Gasteiger partial charge in [0.25, 0.3) is 0 Å². The van der Waals surface area contributed by atoms with Crippen molar-refractivity contribution in [1.29, 1.82) is 0 Å². The summed E-state index contributed by atoms with van der Waals surface area (Å²) >= 11 is 1.22. The van der Waals surface area contributed by atoms with E-state index in [0.717, 1.165) is 11.1 Å². The number of Topliss-reactive ketones (excluding diaryl/α,β-unsaturated/α-hetero) is 1. The van der Waals surface area contributed by atoms with E-state index < -0.39 is 5.97 Å². The van der Waals surface area contributed by atoms with Crippen molar-refractivity contribution >= 4 is 23.1 Å². The van der Waals surface area contributed by atoms with Gasteiger partial charge in [0, 0.05) is 12.5 Å². The second kappa shape index (κ2) is 5.96. The lowest BCUT2D eigenvalue weighted by Crippen LogP contribution is -2.09. The molecular formula is C15H15NO3S. The molecule has 0 N–H and O–H groups in total. The topological polar surface area (TPSA) is 56.3 Å². The van der Waals surface area contributed by atoms with Crippen molar-refractivity contribution in [3.8, 4) is 10.6 Å². The molecule has 0 saturated heterocycles. The first-order valence-electron chi connectivity index (χ1n) is 6.28. The summed E-state index contributed by atoms with van der Waals surface area (Å²) in [6, 6.07) is 7.78. The third-order valence-electron chi connectivity index (χ3n) is 2.71. The van der Waals surface area contributed by atoms with Crippen LogP contribution in [-0.2, 0) is 4.74 Å². The number of ketones is 1. The van der Waals surface area contributed by atoms with Crippen LogP contribution in [0.1, 0.15) is 39.6 Å². The van der Waals surface area contributed by atoms with Crippen molar-refractivity contribution in [2.75, 3.05) is 6.61 Å². The number of nitrogens with zero attached hydrogens (tertiary/aromatic N) is 1. The molecule has 2 rings (SSSR count). The van der Waals surface area contributed by atoms with Crippen LogP contribution in [0.5, 0.6) is 0 Å². The van der Waals surface area contributed by atoms with Crippen molar-refractivity contribution < 1.29 is 14.3 Å². The Morgan fingerprint density at radius 1 is 1.25 bits per heavy atom. The van der Waals surface area contributed by atoms with Crippen LogP contribution >= 0.6 is 11.3 Å². The zero-order valence-corrected chi connectivity index (χ0v) is 12.4. The van der Waals surface area contributed by atoms with Gasteiger partial charge in [0.1, 0.15) is 9.88 Å². The molecule has 0 aliphatic heterocycles. The average molecular weight is 289 g/mol. The summed E-state index contributed by atoms with van der Waals surface area (Å²) in [5.74, 6) is -0.726. The lowest BCUT2D eigenvalue weighted by atomic mass is 10.2. The van der Waals surface area contributed by atoms with Crippen molar-refractivity contribution in [2.24, 2.45) is 0 Å². The van der Waals surface area contributed by atoms with E-state index in [-0.39, 0.29) is 18.1 Å². The first-order chi connectivity index (χ1) is 9.52. The van der Waals surface area contributed by atoms with Crippen LogP contribution in [-0.4, -0.2) is 23.3 Å². The summed E-state index contributed by atoms with van der Waals surface area (Å²) < 4.78 is 4.94.